The Balaban J connectivity index is 2.19. The molecule has 7 heteroatoms. The number of hydrogen-bond acceptors (Lipinski definition) is 5. The summed E-state index contributed by atoms with van der Waals surface area (Å²) >= 11 is 0. The van der Waals surface area contributed by atoms with Crippen LogP contribution in [0.2, 0.25) is 0 Å². The summed E-state index contributed by atoms with van der Waals surface area (Å²) in [5.41, 5.74) is 0.00681. The van der Waals surface area contributed by atoms with Crippen LogP contribution in [0.15, 0.2) is 12.1 Å². The molecule has 1 atom stereocenters. The van der Waals surface area contributed by atoms with Gasteiger partial charge in [0.1, 0.15) is 5.69 Å². The number of halogens is 1. The van der Waals surface area contributed by atoms with Gasteiger partial charge in [0, 0.05) is 18.7 Å². The highest BCUT2D eigenvalue weighted by Crippen LogP contribution is 2.36. The maximum absolute atomic E-state index is 13.6. The monoisotopic (exact) mass is 297 g/mol. The average molecular weight is 297 g/mol. The van der Waals surface area contributed by atoms with Gasteiger partial charge in [0.25, 0.3) is 5.69 Å². The van der Waals surface area contributed by atoms with Gasteiger partial charge in [-0.25, -0.2) is 4.39 Å². The van der Waals surface area contributed by atoms with Crippen molar-refractivity contribution in [2.75, 3.05) is 33.1 Å². The lowest BCUT2D eigenvalue weighted by Gasteiger charge is -2.25. The van der Waals surface area contributed by atoms with Crippen LogP contribution in [0.25, 0.3) is 0 Å². The summed E-state index contributed by atoms with van der Waals surface area (Å²) in [6, 6.07) is 2.54. The Morgan fingerprint density at radius 1 is 1.52 bits per heavy atom. The van der Waals surface area contributed by atoms with Gasteiger partial charge >= 0.3 is 0 Å². The highest BCUT2D eigenvalue weighted by molar-refractivity contribution is 5.64. The maximum atomic E-state index is 13.6. The minimum Gasteiger partial charge on any atom is -0.494 e. The highest BCUT2D eigenvalue weighted by Gasteiger charge is 2.32. The zero-order valence-electron chi connectivity index (χ0n) is 12.4. The fourth-order valence-corrected chi connectivity index (χ4v) is 2.46. The molecule has 1 saturated carbocycles. The molecule has 1 aromatic carbocycles. The molecule has 1 aliphatic carbocycles. The molecule has 0 radical (unpaired) electrons. The van der Waals surface area contributed by atoms with Crippen molar-refractivity contribution >= 4 is 11.4 Å². The van der Waals surface area contributed by atoms with E-state index in [1.54, 1.807) is 0 Å². The van der Waals surface area contributed by atoms with Crippen LogP contribution in [0.5, 0.6) is 5.75 Å². The van der Waals surface area contributed by atoms with Gasteiger partial charge in [-0.1, -0.05) is 0 Å². The van der Waals surface area contributed by atoms with E-state index < -0.39 is 10.7 Å². The van der Waals surface area contributed by atoms with Crippen molar-refractivity contribution in [2.45, 2.75) is 18.9 Å². The lowest BCUT2D eigenvalue weighted by molar-refractivity contribution is -0.384. The van der Waals surface area contributed by atoms with Gasteiger partial charge in [0.15, 0.2) is 11.6 Å². The summed E-state index contributed by atoms with van der Waals surface area (Å²) < 4.78 is 18.5. The van der Waals surface area contributed by atoms with E-state index in [2.05, 4.69) is 10.2 Å². The van der Waals surface area contributed by atoms with Gasteiger partial charge < -0.3 is 15.0 Å². The number of nitro benzene ring substituents is 1. The number of likely N-dealkylation sites (N-methyl/N-ethyl adjacent to an activating group) is 1. The number of methoxy groups -OCH3 is 1. The molecule has 1 aliphatic rings. The van der Waals surface area contributed by atoms with Crippen LogP contribution in [0.4, 0.5) is 15.8 Å². The van der Waals surface area contributed by atoms with Gasteiger partial charge in [-0.3, -0.25) is 10.1 Å². The van der Waals surface area contributed by atoms with Crippen LogP contribution in [0.3, 0.4) is 0 Å². The van der Waals surface area contributed by atoms with Gasteiger partial charge in [0.05, 0.1) is 18.1 Å². The molecular weight excluding hydrogens is 277 g/mol. The molecular formula is C14H20FN3O3. The number of nitrogens with zero attached hydrogens (tertiary/aromatic N) is 2. The summed E-state index contributed by atoms with van der Waals surface area (Å²) in [5, 5.41) is 14.1. The summed E-state index contributed by atoms with van der Waals surface area (Å²) in [7, 11) is 5.31. The first-order valence-electron chi connectivity index (χ1n) is 6.86. The molecule has 1 N–H and O–H groups in total. The van der Waals surface area contributed by atoms with E-state index >= 15 is 0 Å². The number of nitrogens with one attached hydrogen (secondary N) is 1. The molecule has 0 amide bonds. The first-order chi connectivity index (χ1) is 9.93. The number of benzene rings is 1. The third-order valence-electron chi connectivity index (χ3n) is 3.80. The van der Waals surface area contributed by atoms with Crippen molar-refractivity contribution in [3.8, 4) is 5.75 Å². The molecule has 1 aromatic rings. The number of rotatable bonds is 7. The lowest BCUT2D eigenvalue weighted by Crippen LogP contribution is -2.36. The first kappa shape index (κ1) is 15.5. The van der Waals surface area contributed by atoms with E-state index in [-0.39, 0.29) is 17.1 Å². The largest absolute Gasteiger partial charge is 0.494 e. The Hall–Kier alpha value is -1.89. The molecule has 1 fully saturated rings. The Bertz CT molecular complexity index is 530. The molecule has 6 nitrogen and oxygen atoms in total. The molecule has 0 saturated heterocycles. The molecule has 2 rings (SSSR count). The Morgan fingerprint density at radius 3 is 2.67 bits per heavy atom. The summed E-state index contributed by atoms with van der Waals surface area (Å²) in [6.07, 6.45) is 2.36. The average Bonchev–Trinajstić information content (AvgIpc) is 3.24. The van der Waals surface area contributed by atoms with Gasteiger partial charge in [-0.15, -0.1) is 0 Å². The van der Waals surface area contributed by atoms with Crippen molar-refractivity contribution in [2.24, 2.45) is 5.92 Å². The minimum absolute atomic E-state index is 0.00377. The SMILES string of the molecule is COc1cc(NCC(C2CC2)N(C)C)c([N+](=O)[O-])cc1F. The fourth-order valence-electron chi connectivity index (χ4n) is 2.46. The molecule has 116 valence electrons. The predicted molar refractivity (Wildman–Crippen MR) is 78.3 cm³/mol. The molecule has 0 aromatic heterocycles. The second-order valence-corrected chi connectivity index (χ2v) is 5.51. The standard InChI is InChI=1S/C14H20FN3O3/c1-17(2)13(9-4-5-9)8-16-11-7-14(21-3)10(15)6-12(11)18(19)20/h6-7,9,13,16H,4-5,8H2,1-3H3. The number of nitro groups is 1. The Kier molecular flexibility index (Phi) is 4.62. The molecule has 1 unspecified atom stereocenters. The van der Waals surface area contributed by atoms with E-state index in [0.29, 0.717) is 18.5 Å². The number of ether oxygens (including phenoxy) is 1. The third kappa shape index (κ3) is 3.60. The number of anilines is 1. The van der Waals surface area contributed by atoms with E-state index in [0.717, 1.165) is 6.07 Å². The van der Waals surface area contributed by atoms with Crippen LogP contribution >= 0.6 is 0 Å². The second-order valence-electron chi connectivity index (χ2n) is 5.51. The molecule has 0 aliphatic heterocycles. The van der Waals surface area contributed by atoms with Gasteiger partial charge in [-0.05, 0) is 32.9 Å². The summed E-state index contributed by atoms with van der Waals surface area (Å²) in [4.78, 5) is 12.6. The van der Waals surface area contributed by atoms with E-state index in [4.69, 9.17) is 4.74 Å². The van der Waals surface area contributed by atoms with Crippen molar-refractivity contribution in [3.63, 3.8) is 0 Å². The van der Waals surface area contributed by atoms with Crippen LogP contribution in [0, 0.1) is 21.8 Å². The summed E-state index contributed by atoms with van der Waals surface area (Å²) in [6.45, 7) is 0.577. The maximum Gasteiger partial charge on any atom is 0.295 e. The number of hydrogen-bond donors (Lipinski definition) is 1. The van der Waals surface area contributed by atoms with Crippen LogP contribution in [-0.4, -0.2) is 43.6 Å². The van der Waals surface area contributed by atoms with Crippen LogP contribution in [-0.2, 0) is 0 Å². The normalized spacial score (nSPS) is 15.9. The van der Waals surface area contributed by atoms with Crippen LogP contribution in [0.1, 0.15) is 12.8 Å². The van der Waals surface area contributed by atoms with E-state index in [1.807, 2.05) is 14.1 Å². The van der Waals surface area contributed by atoms with Crippen molar-refractivity contribution in [1.82, 2.24) is 4.90 Å². The molecule has 0 heterocycles. The second kappa shape index (κ2) is 6.26. The molecule has 21 heavy (non-hydrogen) atoms. The van der Waals surface area contributed by atoms with Crippen molar-refractivity contribution < 1.29 is 14.1 Å². The smallest absolute Gasteiger partial charge is 0.295 e. The van der Waals surface area contributed by atoms with Gasteiger partial charge in [-0.2, -0.15) is 0 Å². The van der Waals surface area contributed by atoms with E-state index in [9.17, 15) is 14.5 Å². The fraction of sp³-hybridized carbons (Fsp3) is 0.571. The van der Waals surface area contributed by atoms with Crippen molar-refractivity contribution in [3.05, 3.63) is 28.1 Å². The Morgan fingerprint density at radius 2 is 2.19 bits per heavy atom. The molecule has 0 bridgehead atoms. The predicted octanol–water partition coefficient (Wildman–Crippen LogP) is 2.49. The first-order valence-corrected chi connectivity index (χ1v) is 6.86. The highest BCUT2D eigenvalue weighted by atomic mass is 19.1. The lowest BCUT2D eigenvalue weighted by atomic mass is 10.1. The minimum atomic E-state index is -0.735. The summed E-state index contributed by atoms with van der Waals surface area (Å²) in [5.74, 6) is -0.120. The third-order valence-corrected chi connectivity index (χ3v) is 3.80. The quantitative estimate of drug-likeness (QED) is 0.618. The zero-order valence-corrected chi connectivity index (χ0v) is 12.4. The van der Waals surface area contributed by atoms with Gasteiger partial charge in [0.2, 0.25) is 0 Å². The Labute approximate surface area is 123 Å². The topological polar surface area (TPSA) is 67.6 Å². The van der Waals surface area contributed by atoms with Crippen molar-refractivity contribution in [1.29, 1.82) is 0 Å². The van der Waals surface area contributed by atoms with E-state index in [1.165, 1.54) is 26.0 Å². The van der Waals surface area contributed by atoms with Crippen LogP contribution < -0.4 is 10.1 Å². The molecule has 0 spiro atoms. The zero-order chi connectivity index (χ0) is 15.6.